The van der Waals surface area contributed by atoms with E-state index >= 15 is 0 Å². The first-order chi connectivity index (χ1) is 7.63. The van der Waals surface area contributed by atoms with Crippen LogP contribution in [-0.2, 0) is 0 Å². The van der Waals surface area contributed by atoms with Crippen LogP contribution in [0.4, 0.5) is 5.13 Å². The molecule has 0 aromatic carbocycles. The lowest BCUT2D eigenvalue weighted by Crippen LogP contribution is -2.24. The van der Waals surface area contributed by atoms with Gasteiger partial charge in [0, 0.05) is 13.6 Å². The first-order valence-corrected chi connectivity index (χ1v) is 6.24. The van der Waals surface area contributed by atoms with Crippen LogP contribution in [0.5, 0.6) is 0 Å². The summed E-state index contributed by atoms with van der Waals surface area (Å²) in [7, 11) is 1.75. The zero-order chi connectivity index (χ0) is 12.0. The van der Waals surface area contributed by atoms with E-state index in [1.165, 1.54) is 11.3 Å². The molecule has 1 amide bonds. The summed E-state index contributed by atoms with van der Waals surface area (Å²) in [6.45, 7) is 5.04. The lowest BCUT2D eigenvalue weighted by molar-refractivity contribution is 0.0951. The maximum absolute atomic E-state index is 11.6. The number of amides is 1. The average Bonchev–Trinajstić information content (AvgIpc) is 2.72. The first-order valence-electron chi connectivity index (χ1n) is 5.43. The fourth-order valence-electron chi connectivity index (χ4n) is 1.20. The Bertz CT molecular complexity index is 337. The van der Waals surface area contributed by atoms with E-state index < -0.39 is 0 Å². The minimum Gasteiger partial charge on any atom is -0.363 e. The lowest BCUT2D eigenvalue weighted by atomic mass is 10.1. The number of nitrogens with one attached hydrogen (secondary N) is 2. The van der Waals surface area contributed by atoms with Crippen LogP contribution < -0.4 is 10.6 Å². The van der Waals surface area contributed by atoms with Gasteiger partial charge in [-0.2, -0.15) is 0 Å². The number of hydrogen-bond donors (Lipinski definition) is 2. The summed E-state index contributed by atoms with van der Waals surface area (Å²) >= 11 is 1.26. The molecule has 0 aliphatic rings. The molecule has 90 valence electrons. The third kappa shape index (κ3) is 4.14. The zero-order valence-electron chi connectivity index (χ0n) is 9.91. The highest BCUT2D eigenvalue weighted by molar-refractivity contribution is 7.17. The third-order valence-electron chi connectivity index (χ3n) is 2.08. The molecule has 0 fully saturated rings. The largest absolute Gasteiger partial charge is 0.363 e. The van der Waals surface area contributed by atoms with E-state index in [0.29, 0.717) is 22.6 Å². The highest BCUT2D eigenvalue weighted by Gasteiger charge is 2.11. The normalized spacial score (nSPS) is 10.5. The van der Waals surface area contributed by atoms with Gasteiger partial charge in [0.25, 0.3) is 5.91 Å². The third-order valence-corrected chi connectivity index (χ3v) is 3.02. The average molecular weight is 242 g/mol. The van der Waals surface area contributed by atoms with E-state index in [1.54, 1.807) is 7.05 Å². The monoisotopic (exact) mass is 242 g/mol. The minimum atomic E-state index is -0.136. The SMILES string of the molecule is CNc1nnc(C(=O)NCCCC(C)C)s1. The highest BCUT2D eigenvalue weighted by Crippen LogP contribution is 2.13. The number of carbonyl (C=O) groups is 1. The maximum Gasteiger partial charge on any atom is 0.282 e. The van der Waals surface area contributed by atoms with Gasteiger partial charge in [-0.15, -0.1) is 10.2 Å². The highest BCUT2D eigenvalue weighted by atomic mass is 32.1. The van der Waals surface area contributed by atoms with Crippen molar-refractivity contribution in [2.24, 2.45) is 5.92 Å². The summed E-state index contributed by atoms with van der Waals surface area (Å²) < 4.78 is 0. The van der Waals surface area contributed by atoms with Crippen molar-refractivity contribution in [1.29, 1.82) is 0 Å². The molecule has 0 spiro atoms. The number of anilines is 1. The van der Waals surface area contributed by atoms with Gasteiger partial charge in [0.1, 0.15) is 0 Å². The molecule has 1 heterocycles. The number of carbonyl (C=O) groups excluding carboxylic acids is 1. The number of nitrogens with zero attached hydrogens (tertiary/aromatic N) is 2. The van der Waals surface area contributed by atoms with Crippen molar-refractivity contribution in [3.63, 3.8) is 0 Å². The van der Waals surface area contributed by atoms with E-state index in [2.05, 4.69) is 34.7 Å². The Morgan fingerprint density at radius 2 is 2.19 bits per heavy atom. The van der Waals surface area contributed by atoms with Crippen LogP contribution >= 0.6 is 11.3 Å². The molecule has 5 nitrogen and oxygen atoms in total. The Morgan fingerprint density at radius 3 is 2.75 bits per heavy atom. The van der Waals surface area contributed by atoms with E-state index in [9.17, 15) is 4.79 Å². The van der Waals surface area contributed by atoms with Crippen molar-refractivity contribution in [1.82, 2.24) is 15.5 Å². The zero-order valence-corrected chi connectivity index (χ0v) is 10.7. The molecular weight excluding hydrogens is 224 g/mol. The summed E-state index contributed by atoms with van der Waals surface area (Å²) in [6.07, 6.45) is 2.12. The predicted octanol–water partition coefficient (Wildman–Crippen LogP) is 1.75. The van der Waals surface area contributed by atoms with Gasteiger partial charge in [-0.1, -0.05) is 25.2 Å². The summed E-state index contributed by atoms with van der Waals surface area (Å²) in [4.78, 5) is 11.6. The molecule has 0 radical (unpaired) electrons. The Balaban J connectivity index is 2.29. The molecule has 0 saturated heterocycles. The number of aromatic nitrogens is 2. The van der Waals surface area contributed by atoms with Crippen molar-refractivity contribution in [3.8, 4) is 0 Å². The summed E-state index contributed by atoms with van der Waals surface area (Å²) in [5, 5.41) is 14.4. The molecule has 1 rings (SSSR count). The van der Waals surface area contributed by atoms with Crippen LogP contribution in [0.3, 0.4) is 0 Å². The molecule has 6 heteroatoms. The molecule has 0 unspecified atom stereocenters. The van der Waals surface area contributed by atoms with Crippen molar-refractivity contribution in [2.75, 3.05) is 18.9 Å². The van der Waals surface area contributed by atoms with Crippen molar-refractivity contribution in [2.45, 2.75) is 26.7 Å². The summed E-state index contributed by atoms with van der Waals surface area (Å²) in [5.74, 6) is 0.539. The second-order valence-corrected chi connectivity index (χ2v) is 4.93. The van der Waals surface area contributed by atoms with Gasteiger partial charge < -0.3 is 10.6 Å². The molecule has 2 N–H and O–H groups in total. The summed E-state index contributed by atoms with van der Waals surface area (Å²) in [5.41, 5.74) is 0. The van der Waals surface area contributed by atoms with Gasteiger partial charge in [-0.25, -0.2) is 0 Å². The van der Waals surface area contributed by atoms with Crippen LogP contribution in [0, 0.1) is 5.92 Å². The number of rotatable bonds is 6. The van der Waals surface area contributed by atoms with Gasteiger partial charge in [0.2, 0.25) is 10.1 Å². The second kappa shape index (κ2) is 6.42. The van der Waals surface area contributed by atoms with E-state index in [-0.39, 0.29) is 5.91 Å². The first kappa shape index (κ1) is 12.9. The van der Waals surface area contributed by atoms with Crippen LogP contribution in [0.25, 0.3) is 0 Å². The molecule has 0 aliphatic heterocycles. The van der Waals surface area contributed by atoms with Gasteiger partial charge >= 0.3 is 0 Å². The molecule has 16 heavy (non-hydrogen) atoms. The molecule has 0 bridgehead atoms. The summed E-state index contributed by atoms with van der Waals surface area (Å²) in [6, 6.07) is 0. The van der Waals surface area contributed by atoms with E-state index in [4.69, 9.17) is 0 Å². The van der Waals surface area contributed by atoms with Gasteiger partial charge in [0.15, 0.2) is 0 Å². The van der Waals surface area contributed by atoms with Crippen LogP contribution in [0.1, 0.15) is 36.5 Å². The lowest BCUT2D eigenvalue weighted by Gasteiger charge is -2.04. The van der Waals surface area contributed by atoms with E-state index in [1.807, 2.05) is 0 Å². The van der Waals surface area contributed by atoms with Crippen LogP contribution in [0.2, 0.25) is 0 Å². The van der Waals surface area contributed by atoms with Crippen molar-refractivity contribution >= 4 is 22.4 Å². The van der Waals surface area contributed by atoms with Gasteiger partial charge in [0.05, 0.1) is 0 Å². The smallest absolute Gasteiger partial charge is 0.282 e. The fraction of sp³-hybridized carbons (Fsp3) is 0.700. The second-order valence-electron chi connectivity index (χ2n) is 3.95. The number of hydrogen-bond acceptors (Lipinski definition) is 5. The molecule has 0 aliphatic carbocycles. The molecule has 0 atom stereocenters. The van der Waals surface area contributed by atoms with Crippen LogP contribution in [0.15, 0.2) is 0 Å². The van der Waals surface area contributed by atoms with Crippen molar-refractivity contribution < 1.29 is 4.79 Å². The Hall–Kier alpha value is -1.17. The minimum absolute atomic E-state index is 0.136. The van der Waals surface area contributed by atoms with Gasteiger partial charge in [-0.05, 0) is 18.8 Å². The van der Waals surface area contributed by atoms with Crippen molar-refractivity contribution in [3.05, 3.63) is 5.01 Å². The standard InChI is InChI=1S/C10H18N4OS/c1-7(2)5-4-6-12-8(15)9-13-14-10(11-3)16-9/h7H,4-6H2,1-3H3,(H,11,14)(H,12,15). The topological polar surface area (TPSA) is 66.9 Å². The Morgan fingerprint density at radius 1 is 1.44 bits per heavy atom. The quantitative estimate of drug-likeness (QED) is 0.746. The predicted molar refractivity (Wildman–Crippen MR) is 65.9 cm³/mol. The maximum atomic E-state index is 11.6. The fourth-order valence-corrected chi connectivity index (χ4v) is 1.82. The van der Waals surface area contributed by atoms with E-state index in [0.717, 1.165) is 12.8 Å². The molecule has 1 aromatic heterocycles. The Labute approximate surface area is 99.7 Å². The molecular formula is C10H18N4OS. The van der Waals surface area contributed by atoms with Crippen LogP contribution in [-0.4, -0.2) is 29.7 Å². The molecule has 0 saturated carbocycles. The Kier molecular flexibility index (Phi) is 5.18. The van der Waals surface area contributed by atoms with Gasteiger partial charge in [-0.3, -0.25) is 4.79 Å². The molecule has 1 aromatic rings.